The molecule has 21 heavy (non-hydrogen) atoms. The standard InChI is InChI=1S/C16H30N2O2S/c19-21(20,13-10-15-8-3-4-11-17-15)18-12-5-9-16(18)14-6-1-2-7-14/h14-17H,1-13H2. The summed E-state index contributed by atoms with van der Waals surface area (Å²) >= 11 is 0. The van der Waals surface area contributed by atoms with Gasteiger partial charge in [-0.25, -0.2) is 8.42 Å². The number of nitrogens with one attached hydrogen (secondary N) is 1. The third kappa shape index (κ3) is 3.80. The fraction of sp³-hybridized carbons (Fsp3) is 1.00. The molecular formula is C16H30N2O2S. The monoisotopic (exact) mass is 314 g/mol. The molecule has 3 aliphatic rings. The SMILES string of the molecule is O=S(=O)(CCC1CCCCN1)N1CCCC1C1CCCC1. The van der Waals surface area contributed by atoms with Gasteiger partial charge >= 0.3 is 0 Å². The van der Waals surface area contributed by atoms with Gasteiger partial charge in [-0.3, -0.25) is 0 Å². The molecule has 1 saturated carbocycles. The van der Waals surface area contributed by atoms with E-state index in [4.69, 9.17) is 0 Å². The molecular weight excluding hydrogens is 284 g/mol. The van der Waals surface area contributed by atoms with Crippen molar-refractivity contribution in [2.75, 3.05) is 18.8 Å². The molecule has 0 radical (unpaired) electrons. The number of hydrogen-bond acceptors (Lipinski definition) is 3. The Kier molecular flexibility index (Phi) is 5.23. The Balaban J connectivity index is 1.57. The number of piperidine rings is 1. The quantitative estimate of drug-likeness (QED) is 0.848. The minimum atomic E-state index is -3.05. The third-order valence-corrected chi connectivity index (χ3v) is 7.61. The van der Waals surface area contributed by atoms with Gasteiger partial charge in [0.15, 0.2) is 0 Å². The van der Waals surface area contributed by atoms with E-state index in [2.05, 4.69) is 5.32 Å². The summed E-state index contributed by atoms with van der Waals surface area (Å²) in [6.45, 7) is 1.82. The van der Waals surface area contributed by atoms with E-state index < -0.39 is 10.0 Å². The predicted octanol–water partition coefficient (Wildman–Crippen LogP) is 2.50. The van der Waals surface area contributed by atoms with Crippen molar-refractivity contribution in [1.82, 2.24) is 9.62 Å². The van der Waals surface area contributed by atoms with Gasteiger partial charge in [-0.2, -0.15) is 4.31 Å². The second kappa shape index (κ2) is 6.97. The maximum atomic E-state index is 12.7. The van der Waals surface area contributed by atoms with Crippen LogP contribution < -0.4 is 5.32 Å². The first-order valence-electron chi connectivity index (χ1n) is 8.90. The minimum absolute atomic E-state index is 0.316. The molecule has 3 rings (SSSR count). The lowest BCUT2D eigenvalue weighted by atomic mass is 9.97. The molecule has 0 aromatic carbocycles. The molecule has 3 fully saturated rings. The Hall–Kier alpha value is -0.130. The van der Waals surface area contributed by atoms with E-state index in [0.717, 1.165) is 38.8 Å². The first kappa shape index (κ1) is 15.8. The van der Waals surface area contributed by atoms with Crippen LogP contribution in [0.5, 0.6) is 0 Å². The highest BCUT2D eigenvalue weighted by atomic mass is 32.2. The number of rotatable bonds is 5. The number of nitrogens with zero attached hydrogens (tertiary/aromatic N) is 1. The van der Waals surface area contributed by atoms with Crippen LogP contribution in [0.4, 0.5) is 0 Å². The van der Waals surface area contributed by atoms with E-state index in [0.29, 0.717) is 23.8 Å². The van der Waals surface area contributed by atoms with Crippen molar-refractivity contribution in [3.05, 3.63) is 0 Å². The van der Waals surface area contributed by atoms with Crippen LogP contribution in [0, 0.1) is 5.92 Å². The molecule has 2 atom stereocenters. The van der Waals surface area contributed by atoms with Crippen molar-refractivity contribution in [3.8, 4) is 0 Å². The summed E-state index contributed by atoms with van der Waals surface area (Å²) < 4.78 is 27.4. The van der Waals surface area contributed by atoms with Gasteiger partial charge < -0.3 is 5.32 Å². The Bertz CT molecular complexity index is 426. The van der Waals surface area contributed by atoms with Crippen LogP contribution in [0.3, 0.4) is 0 Å². The predicted molar refractivity (Wildman–Crippen MR) is 85.7 cm³/mol. The van der Waals surface area contributed by atoms with Gasteiger partial charge in [-0.15, -0.1) is 0 Å². The van der Waals surface area contributed by atoms with Crippen LogP contribution in [0.2, 0.25) is 0 Å². The van der Waals surface area contributed by atoms with E-state index in [1.165, 1.54) is 38.5 Å². The second-order valence-electron chi connectivity index (χ2n) is 7.12. The van der Waals surface area contributed by atoms with Gasteiger partial charge in [0.05, 0.1) is 5.75 Å². The van der Waals surface area contributed by atoms with Gasteiger partial charge in [-0.1, -0.05) is 19.3 Å². The zero-order chi connectivity index (χ0) is 14.7. The van der Waals surface area contributed by atoms with E-state index >= 15 is 0 Å². The van der Waals surface area contributed by atoms with Crippen LogP contribution in [0.25, 0.3) is 0 Å². The molecule has 2 heterocycles. The summed E-state index contributed by atoms with van der Waals surface area (Å²) in [7, 11) is -3.05. The molecule has 1 aliphatic carbocycles. The summed E-state index contributed by atoms with van der Waals surface area (Å²) in [5, 5.41) is 3.47. The van der Waals surface area contributed by atoms with Gasteiger partial charge in [0.1, 0.15) is 0 Å². The van der Waals surface area contributed by atoms with Crippen molar-refractivity contribution < 1.29 is 8.42 Å². The lowest BCUT2D eigenvalue weighted by molar-refractivity contribution is 0.287. The average Bonchev–Trinajstić information content (AvgIpc) is 3.16. The van der Waals surface area contributed by atoms with Gasteiger partial charge in [0.2, 0.25) is 10.0 Å². The van der Waals surface area contributed by atoms with Crippen molar-refractivity contribution in [2.45, 2.75) is 76.3 Å². The fourth-order valence-corrected chi connectivity index (χ4v) is 6.42. The van der Waals surface area contributed by atoms with Gasteiger partial charge in [0, 0.05) is 18.6 Å². The van der Waals surface area contributed by atoms with E-state index in [-0.39, 0.29) is 0 Å². The Morgan fingerprint density at radius 3 is 2.43 bits per heavy atom. The molecule has 2 unspecified atom stereocenters. The van der Waals surface area contributed by atoms with Crippen LogP contribution in [-0.4, -0.2) is 43.6 Å². The normalized spacial score (nSPS) is 32.8. The molecule has 0 spiro atoms. The summed E-state index contributed by atoms with van der Waals surface area (Å²) in [6.07, 6.45) is 11.6. The maximum absolute atomic E-state index is 12.7. The molecule has 0 aromatic rings. The average molecular weight is 314 g/mol. The summed E-state index contributed by atoms with van der Waals surface area (Å²) in [5.41, 5.74) is 0. The zero-order valence-electron chi connectivity index (χ0n) is 13.1. The molecule has 2 saturated heterocycles. The lowest BCUT2D eigenvalue weighted by Crippen LogP contribution is -2.42. The highest BCUT2D eigenvalue weighted by Gasteiger charge is 2.39. The molecule has 122 valence electrons. The van der Waals surface area contributed by atoms with E-state index in [9.17, 15) is 8.42 Å². The molecule has 0 amide bonds. The lowest BCUT2D eigenvalue weighted by Gasteiger charge is -2.30. The van der Waals surface area contributed by atoms with Crippen molar-refractivity contribution >= 4 is 10.0 Å². The smallest absolute Gasteiger partial charge is 0.214 e. The summed E-state index contributed by atoms with van der Waals surface area (Å²) in [5.74, 6) is 0.975. The third-order valence-electron chi connectivity index (χ3n) is 5.69. The molecule has 1 N–H and O–H groups in total. The van der Waals surface area contributed by atoms with Gasteiger partial charge in [0.25, 0.3) is 0 Å². The van der Waals surface area contributed by atoms with Crippen molar-refractivity contribution in [2.24, 2.45) is 5.92 Å². The minimum Gasteiger partial charge on any atom is -0.314 e. The highest BCUT2D eigenvalue weighted by Crippen LogP contribution is 2.36. The fourth-order valence-electron chi connectivity index (χ4n) is 4.50. The summed E-state index contributed by atoms with van der Waals surface area (Å²) in [6, 6.07) is 0.734. The Labute approximate surface area is 129 Å². The zero-order valence-corrected chi connectivity index (χ0v) is 13.9. The molecule has 4 nitrogen and oxygen atoms in total. The van der Waals surface area contributed by atoms with Crippen molar-refractivity contribution in [1.29, 1.82) is 0 Å². The molecule has 0 aromatic heterocycles. The van der Waals surface area contributed by atoms with Crippen LogP contribution in [-0.2, 0) is 10.0 Å². The van der Waals surface area contributed by atoms with Crippen molar-refractivity contribution in [3.63, 3.8) is 0 Å². The second-order valence-corrected chi connectivity index (χ2v) is 9.16. The molecule has 2 aliphatic heterocycles. The van der Waals surface area contributed by atoms with Crippen LogP contribution in [0.1, 0.15) is 64.2 Å². The van der Waals surface area contributed by atoms with Crippen LogP contribution >= 0.6 is 0 Å². The van der Waals surface area contributed by atoms with E-state index in [1.54, 1.807) is 0 Å². The Morgan fingerprint density at radius 2 is 1.71 bits per heavy atom. The number of sulfonamides is 1. The van der Waals surface area contributed by atoms with Crippen LogP contribution in [0.15, 0.2) is 0 Å². The topological polar surface area (TPSA) is 49.4 Å². The first-order chi connectivity index (χ1) is 10.2. The molecule has 0 bridgehead atoms. The summed E-state index contributed by atoms with van der Waals surface area (Å²) in [4.78, 5) is 0. The number of hydrogen-bond donors (Lipinski definition) is 1. The van der Waals surface area contributed by atoms with E-state index in [1.807, 2.05) is 4.31 Å². The highest BCUT2D eigenvalue weighted by molar-refractivity contribution is 7.89. The Morgan fingerprint density at radius 1 is 0.952 bits per heavy atom. The first-order valence-corrected chi connectivity index (χ1v) is 10.5. The largest absolute Gasteiger partial charge is 0.314 e. The maximum Gasteiger partial charge on any atom is 0.214 e. The van der Waals surface area contributed by atoms with Gasteiger partial charge in [-0.05, 0) is 57.4 Å². The molecule has 5 heteroatoms.